The number of thiocarbonyl (C=S) groups is 1. The van der Waals surface area contributed by atoms with Crippen LogP contribution in [0.15, 0.2) is 0 Å². The third-order valence-corrected chi connectivity index (χ3v) is 5.55. The minimum Gasteiger partial charge on any atom is -0.490 e. The van der Waals surface area contributed by atoms with Crippen molar-refractivity contribution in [1.29, 1.82) is 0 Å². The van der Waals surface area contributed by atoms with E-state index in [2.05, 4.69) is 0 Å². The molecule has 0 aromatic heterocycles. The van der Waals surface area contributed by atoms with Crippen molar-refractivity contribution in [3.63, 3.8) is 0 Å². The van der Waals surface area contributed by atoms with Gasteiger partial charge in [-0.1, -0.05) is 13.8 Å². The van der Waals surface area contributed by atoms with Gasteiger partial charge in [0.05, 0.1) is 12.1 Å². The highest BCUT2D eigenvalue weighted by molar-refractivity contribution is 7.80. The summed E-state index contributed by atoms with van der Waals surface area (Å²) in [5, 5.41) is 0.298. The SMILES string of the molecule is CCO[SiH](OCC)C(C)(C)C(=S)OC. The molecule has 0 aromatic carbocycles. The summed E-state index contributed by atoms with van der Waals surface area (Å²) in [4.78, 5) is 0. The van der Waals surface area contributed by atoms with Crippen LogP contribution >= 0.6 is 12.2 Å². The number of ether oxygens (including phenoxy) is 1. The molecule has 84 valence electrons. The van der Waals surface area contributed by atoms with Gasteiger partial charge < -0.3 is 13.6 Å². The summed E-state index contributed by atoms with van der Waals surface area (Å²) >= 11 is 5.15. The largest absolute Gasteiger partial charge is 0.490 e. The monoisotopic (exact) mass is 236 g/mol. The standard InChI is InChI=1S/C9H20O3SSi/c1-6-11-14(12-7-2)9(3,4)8(13)10-5/h14H,6-7H2,1-5H3. The lowest BCUT2D eigenvalue weighted by atomic mass is 10.2. The normalized spacial score (nSPS) is 11.9. The van der Waals surface area contributed by atoms with Gasteiger partial charge in [-0.2, -0.15) is 0 Å². The van der Waals surface area contributed by atoms with E-state index in [0.717, 1.165) is 0 Å². The molecule has 0 aliphatic carbocycles. The highest BCUT2D eigenvalue weighted by atomic mass is 32.1. The van der Waals surface area contributed by atoms with Crippen LogP contribution in [0.4, 0.5) is 0 Å². The molecule has 0 atom stereocenters. The molecule has 0 amide bonds. The highest BCUT2D eigenvalue weighted by Gasteiger charge is 2.39. The lowest BCUT2D eigenvalue weighted by molar-refractivity contribution is 0.196. The van der Waals surface area contributed by atoms with E-state index in [0.29, 0.717) is 18.3 Å². The third-order valence-electron chi connectivity index (χ3n) is 1.94. The second-order valence-electron chi connectivity index (χ2n) is 3.46. The van der Waals surface area contributed by atoms with E-state index in [1.165, 1.54) is 0 Å². The zero-order valence-corrected chi connectivity index (χ0v) is 11.6. The summed E-state index contributed by atoms with van der Waals surface area (Å²) in [7, 11) is -0.194. The molecule has 3 nitrogen and oxygen atoms in total. The quantitative estimate of drug-likeness (QED) is 0.521. The Balaban J connectivity index is 4.51. The van der Waals surface area contributed by atoms with E-state index in [1.54, 1.807) is 7.11 Å². The fourth-order valence-electron chi connectivity index (χ4n) is 1.13. The fraction of sp³-hybridized carbons (Fsp3) is 0.889. The maximum Gasteiger partial charge on any atom is 0.335 e. The maximum absolute atomic E-state index is 5.62. The minimum atomic E-state index is -1.78. The Bertz CT molecular complexity index is 179. The molecule has 0 aliphatic rings. The van der Waals surface area contributed by atoms with Gasteiger partial charge in [0.1, 0.15) is 0 Å². The van der Waals surface area contributed by atoms with E-state index in [9.17, 15) is 0 Å². The summed E-state index contributed by atoms with van der Waals surface area (Å²) in [5.74, 6) is 0. The molecular formula is C9H20O3SSi. The Kier molecular flexibility index (Phi) is 6.51. The van der Waals surface area contributed by atoms with Crippen LogP contribution in [0.25, 0.3) is 0 Å². The van der Waals surface area contributed by atoms with Gasteiger partial charge in [0.2, 0.25) is 0 Å². The average molecular weight is 236 g/mol. The molecule has 0 saturated heterocycles. The van der Waals surface area contributed by atoms with Crippen molar-refractivity contribution in [3.8, 4) is 0 Å². The van der Waals surface area contributed by atoms with Crippen molar-refractivity contribution in [2.75, 3.05) is 20.3 Å². The van der Waals surface area contributed by atoms with Gasteiger partial charge in [-0.05, 0) is 26.1 Å². The Hall–Kier alpha value is 0.0269. The Morgan fingerprint density at radius 1 is 1.21 bits per heavy atom. The first-order valence-corrected chi connectivity index (χ1v) is 6.75. The minimum absolute atomic E-state index is 0.268. The molecule has 0 spiro atoms. The Morgan fingerprint density at radius 2 is 1.64 bits per heavy atom. The predicted octanol–water partition coefficient (Wildman–Crippen LogP) is 2.03. The van der Waals surface area contributed by atoms with Crippen molar-refractivity contribution in [2.45, 2.75) is 32.7 Å². The van der Waals surface area contributed by atoms with Crippen molar-refractivity contribution in [3.05, 3.63) is 0 Å². The van der Waals surface area contributed by atoms with E-state index in [-0.39, 0.29) is 5.04 Å². The van der Waals surface area contributed by atoms with E-state index in [4.69, 9.17) is 25.8 Å². The second-order valence-corrected chi connectivity index (χ2v) is 6.60. The van der Waals surface area contributed by atoms with Crippen molar-refractivity contribution < 1.29 is 13.6 Å². The van der Waals surface area contributed by atoms with Crippen LogP contribution in [-0.4, -0.2) is 34.7 Å². The van der Waals surface area contributed by atoms with Gasteiger partial charge in [-0.15, -0.1) is 0 Å². The Morgan fingerprint density at radius 3 is 1.93 bits per heavy atom. The fourth-order valence-corrected chi connectivity index (χ4v) is 3.26. The molecule has 0 radical (unpaired) electrons. The molecule has 0 fully saturated rings. The molecular weight excluding hydrogens is 216 g/mol. The van der Waals surface area contributed by atoms with Crippen LogP contribution in [0.1, 0.15) is 27.7 Å². The Labute approximate surface area is 93.6 Å². The second kappa shape index (κ2) is 6.50. The summed E-state index contributed by atoms with van der Waals surface area (Å²) in [6.45, 7) is 9.28. The number of hydrogen-bond acceptors (Lipinski definition) is 4. The summed E-state index contributed by atoms with van der Waals surface area (Å²) in [5.41, 5.74) is 0. The van der Waals surface area contributed by atoms with E-state index < -0.39 is 9.28 Å². The van der Waals surface area contributed by atoms with Gasteiger partial charge in [-0.3, -0.25) is 0 Å². The van der Waals surface area contributed by atoms with E-state index >= 15 is 0 Å². The maximum atomic E-state index is 5.62. The molecule has 0 rings (SSSR count). The topological polar surface area (TPSA) is 27.7 Å². The first-order valence-electron chi connectivity index (χ1n) is 4.82. The average Bonchev–Trinajstić information content (AvgIpc) is 2.16. The molecule has 5 heteroatoms. The molecule has 0 N–H and O–H groups in total. The number of hydrogen-bond donors (Lipinski definition) is 0. The molecule has 0 unspecified atom stereocenters. The highest BCUT2D eigenvalue weighted by Crippen LogP contribution is 2.32. The van der Waals surface area contributed by atoms with Crippen LogP contribution < -0.4 is 0 Å². The predicted molar refractivity (Wildman–Crippen MR) is 64.0 cm³/mol. The van der Waals surface area contributed by atoms with Crippen LogP contribution in [0.2, 0.25) is 5.04 Å². The lowest BCUT2D eigenvalue weighted by Crippen LogP contribution is -2.40. The van der Waals surface area contributed by atoms with Crippen LogP contribution in [0, 0.1) is 0 Å². The van der Waals surface area contributed by atoms with Crippen LogP contribution in [-0.2, 0) is 13.6 Å². The first-order chi connectivity index (χ1) is 6.50. The molecule has 0 aromatic rings. The molecule has 14 heavy (non-hydrogen) atoms. The van der Waals surface area contributed by atoms with Crippen molar-refractivity contribution in [1.82, 2.24) is 0 Å². The van der Waals surface area contributed by atoms with Gasteiger partial charge >= 0.3 is 9.28 Å². The van der Waals surface area contributed by atoms with Crippen LogP contribution in [0.3, 0.4) is 0 Å². The van der Waals surface area contributed by atoms with Gasteiger partial charge in [-0.25, -0.2) is 0 Å². The smallest absolute Gasteiger partial charge is 0.335 e. The van der Waals surface area contributed by atoms with Crippen molar-refractivity contribution in [2.24, 2.45) is 0 Å². The zero-order chi connectivity index (χ0) is 11.2. The molecule has 0 heterocycles. The molecule has 0 saturated carbocycles. The summed E-state index contributed by atoms with van der Waals surface area (Å²) < 4.78 is 16.3. The summed E-state index contributed by atoms with van der Waals surface area (Å²) in [6, 6.07) is 0. The molecule has 0 aliphatic heterocycles. The third kappa shape index (κ3) is 3.65. The van der Waals surface area contributed by atoms with Crippen molar-refractivity contribution >= 4 is 26.6 Å². The lowest BCUT2D eigenvalue weighted by Gasteiger charge is -2.30. The van der Waals surface area contributed by atoms with Gasteiger partial charge in [0, 0.05) is 13.2 Å². The van der Waals surface area contributed by atoms with Gasteiger partial charge in [0.15, 0.2) is 5.05 Å². The molecule has 0 bridgehead atoms. The number of methoxy groups -OCH3 is 1. The number of rotatable bonds is 6. The van der Waals surface area contributed by atoms with E-state index in [1.807, 2.05) is 27.7 Å². The van der Waals surface area contributed by atoms with Gasteiger partial charge in [0.25, 0.3) is 0 Å². The van der Waals surface area contributed by atoms with Crippen LogP contribution in [0.5, 0.6) is 0 Å². The zero-order valence-electron chi connectivity index (χ0n) is 9.62. The first kappa shape index (κ1) is 14.0. The summed E-state index contributed by atoms with van der Waals surface area (Å²) in [6.07, 6.45) is 0.